The van der Waals surface area contributed by atoms with Gasteiger partial charge in [-0.1, -0.05) is 96.6 Å². The second-order valence-corrected chi connectivity index (χ2v) is 40.0. The van der Waals surface area contributed by atoms with Crippen LogP contribution in [0.1, 0.15) is 212 Å². The van der Waals surface area contributed by atoms with E-state index in [0.717, 1.165) is 22.3 Å². The van der Waals surface area contributed by atoms with Gasteiger partial charge in [0.2, 0.25) is 22.1 Å². The lowest BCUT2D eigenvalue weighted by Crippen LogP contribution is -2.32. The molecule has 714 valence electrons. The van der Waals surface area contributed by atoms with E-state index in [2.05, 4.69) is 66.8 Å². The van der Waals surface area contributed by atoms with Gasteiger partial charge in [0.1, 0.15) is 28.6 Å². The SMILES string of the molecule is C.C[C@@H](NC[C@H](O)CP(=O)(O)CCCCCNC(=O)c1cc([125I])c(N=[N+]=[N-])cc1O)c1cccc(C(=O)O)c1.C[C@@H](NC[C@H](O)CP(=O)(O)CCCCCNC(=O)c1ccc(N=[N+]=[N-])c([125I])c1O)c1cccc(C(=O)O)c1.C[C@@H](NC[C@H](O)CP(=O)(O)CCCCCNC(=O)c1ccc(N=[N+]=[N-])cc1O)c1cccc(C(=O)O)c1.Cc1ccc(C(=O)ON2C(=O)CCC2=O)c(O)c1. The van der Waals surface area contributed by atoms with Crippen LogP contribution in [-0.2, 0) is 28.1 Å². The number of aliphatic hydroxyl groups is 3. The molecule has 9 atom stereocenters. The first-order valence-electron chi connectivity index (χ1n) is 40.8. The Morgan fingerprint density at radius 1 is 0.462 bits per heavy atom. The minimum Gasteiger partial charge on any atom is -0.507 e. The van der Waals surface area contributed by atoms with Crippen LogP contribution in [0.3, 0.4) is 0 Å². The number of azide groups is 3. The molecule has 7 aromatic rings. The number of phenols is 4. The Bertz CT molecular complexity index is 5340. The molecule has 19 N–H and O–H groups in total. The molecule has 1 aliphatic heterocycles. The molecule has 0 bridgehead atoms. The quantitative estimate of drug-likeness (QED) is 0.00320. The van der Waals surface area contributed by atoms with E-state index < -0.39 is 93.8 Å². The monoisotopic (exact) mass is 2110 g/mol. The summed E-state index contributed by atoms with van der Waals surface area (Å²) in [6.45, 7) is 8.32. The molecule has 1 fully saturated rings. The van der Waals surface area contributed by atoms with Gasteiger partial charge in [-0.3, -0.25) is 37.7 Å². The number of amides is 5. The van der Waals surface area contributed by atoms with Crippen molar-refractivity contribution in [2.45, 2.75) is 142 Å². The lowest BCUT2D eigenvalue weighted by atomic mass is 10.1. The number of phenolic OH excluding ortho intramolecular Hbond substituents is 4. The molecule has 1 heterocycles. The minimum atomic E-state index is -3.56. The van der Waals surface area contributed by atoms with Crippen molar-refractivity contribution in [1.82, 2.24) is 37.0 Å². The van der Waals surface area contributed by atoms with E-state index in [9.17, 15) is 107 Å². The minimum absolute atomic E-state index is 0. The fourth-order valence-electron chi connectivity index (χ4n) is 12.6. The number of nitrogens with one attached hydrogen (secondary N) is 6. The fraction of sp³-hybridized carbons (Fsp3) is 0.400. The lowest BCUT2D eigenvalue weighted by Gasteiger charge is -2.20. The average Bonchev–Trinajstić information content (AvgIpc) is 1.11. The molecule has 0 radical (unpaired) electrons. The summed E-state index contributed by atoms with van der Waals surface area (Å²) in [4.78, 5) is 148. The molecule has 0 aromatic heterocycles. The highest BCUT2D eigenvalue weighted by molar-refractivity contribution is 14.1. The van der Waals surface area contributed by atoms with E-state index in [1.54, 1.807) is 72.0 Å². The number of aryl methyl sites for hydroxylation is 1. The highest BCUT2D eigenvalue weighted by Crippen LogP contribution is 2.45. The summed E-state index contributed by atoms with van der Waals surface area (Å²) in [5.41, 5.74) is 29.6. The van der Waals surface area contributed by atoms with Crippen LogP contribution in [0.15, 0.2) is 149 Å². The van der Waals surface area contributed by atoms with E-state index in [-0.39, 0.29) is 178 Å². The van der Waals surface area contributed by atoms with E-state index >= 15 is 0 Å². The van der Waals surface area contributed by atoms with Crippen LogP contribution in [-0.4, -0.2) is 219 Å². The third-order valence-corrected chi connectivity index (χ3v) is 27.6. The normalized spacial score (nSPS) is 14.1. The Morgan fingerprint density at radius 2 is 0.826 bits per heavy atom. The molecular formula is C85H109I2N16O26P3. The first kappa shape index (κ1) is 113. The Kier molecular flexibility index (Phi) is 48.6. The van der Waals surface area contributed by atoms with Crippen molar-refractivity contribution in [3.8, 4) is 23.0 Å². The molecule has 5 amide bonds. The third-order valence-electron chi connectivity index (χ3n) is 19.7. The predicted molar refractivity (Wildman–Crippen MR) is 507 cm³/mol. The molecule has 3 unspecified atom stereocenters. The van der Waals surface area contributed by atoms with Crippen LogP contribution in [0, 0.1) is 14.1 Å². The Labute approximate surface area is 786 Å². The number of rotatable bonds is 47. The van der Waals surface area contributed by atoms with E-state index in [1.807, 2.05) is 43.4 Å². The van der Waals surface area contributed by atoms with Crippen LogP contribution in [0.25, 0.3) is 31.3 Å². The van der Waals surface area contributed by atoms with Crippen molar-refractivity contribution in [3.63, 3.8) is 0 Å². The van der Waals surface area contributed by atoms with Gasteiger partial charge in [0, 0.05) is 113 Å². The van der Waals surface area contributed by atoms with Crippen LogP contribution in [0.2, 0.25) is 0 Å². The van der Waals surface area contributed by atoms with Crippen molar-refractivity contribution < 1.29 is 127 Å². The number of aromatic carboxylic acids is 3. The number of benzene rings is 7. The summed E-state index contributed by atoms with van der Waals surface area (Å²) in [6, 6.07) is 32.3. The van der Waals surface area contributed by atoms with Gasteiger partial charge in [-0.2, -0.15) is 0 Å². The van der Waals surface area contributed by atoms with Gasteiger partial charge in [0.25, 0.3) is 29.5 Å². The molecule has 42 nitrogen and oxygen atoms in total. The number of unbranched alkanes of at least 4 members (excludes halogenated alkanes) is 6. The smallest absolute Gasteiger partial charge is 0.367 e. The van der Waals surface area contributed by atoms with Gasteiger partial charge in [-0.05, 0) is 229 Å². The van der Waals surface area contributed by atoms with Crippen molar-refractivity contribution in [2.24, 2.45) is 15.3 Å². The number of halogens is 2. The lowest BCUT2D eigenvalue weighted by molar-refractivity contribution is -0.172. The largest absolute Gasteiger partial charge is 0.507 e. The van der Waals surface area contributed by atoms with Crippen molar-refractivity contribution in [1.29, 1.82) is 0 Å². The van der Waals surface area contributed by atoms with E-state index in [1.165, 1.54) is 91.0 Å². The fourth-order valence-corrected chi connectivity index (χ4v) is 18.8. The highest BCUT2D eigenvalue weighted by atomic mass is 125. The maximum absolute atomic E-state index is 12.5. The predicted octanol–water partition coefficient (Wildman–Crippen LogP) is 14.5. The summed E-state index contributed by atoms with van der Waals surface area (Å²) < 4.78 is 38.3. The number of hydroxylamine groups is 2. The van der Waals surface area contributed by atoms with Crippen molar-refractivity contribution in [3.05, 3.63) is 233 Å². The number of carboxylic acids is 3. The second kappa shape index (κ2) is 56.7. The van der Waals surface area contributed by atoms with Gasteiger partial charge in [0.15, 0.2) is 0 Å². The standard InChI is InChI=1S/2C24H31IN5O7P.C24H32N5O7P.C12H11NO5.CH4/c1-15(16-6-5-7-17(12-16)24(34)35)28-13-18(31)14-38(36,37)11-4-2-3-10-27-23(33)19-8-9-20(29-30-26)21(25)22(19)32;1-15(16-6-5-7-17(10-16)24(34)35)28-13-18(31)14-38(36,37)9-4-2-3-8-27-23(33)19-11-20(25)21(29-30-26)12-22(19)32;1-16(17-6-5-7-18(12-17)24(33)34)27-14-20(30)15-37(35,36)11-4-2-3-10-26-23(32)21-9-8-19(28-29-25)13-22(21)31;1-7-2-3-8(9(14)6-7)12(17)18-13-10(15)4-5-11(13)16;/h5-9,12,15,18,28,31-32H,2-4,10-11,13-14H2,1H3,(H,27,33)(H,34,35)(H,36,37);5-7,10-12,15,18,28,31-32H,2-4,8-9,13-14H2,1H3,(H,27,33)(H,34,35)(H,36,37);5-9,12-13,16,20,27,30-31H,2-4,10-11,14-15H2,1H3,(H,26,32)(H,33,34)(H,35,36);2-3,6,14H,4-5H2,1H3;1H4/t2*15-,18+;16-,20+;;/m111../s1/i2*25-2;;;. The summed E-state index contributed by atoms with van der Waals surface area (Å²) >= 11 is 3.68. The number of nitrogens with zero attached hydrogens (tertiary/aromatic N) is 10. The summed E-state index contributed by atoms with van der Waals surface area (Å²) in [5.74, 6) is -7.74. The highest BCUT2D eigenvalue weighted by Gasteiger charge is 2.34. The maximum Gasteiger partial charge on any atom is 0.367 e. The van der Waals surface area contributed by atoms with Gasteiger partial charge >= 0.3 is 23.9 Å². The summed E-state index contributed by atoms with van der Waals surface area (Å²) in [6.07, 6.45) is 0.972. The van der Waals surface area contributed by atoms with Crippen molar-refractivity contribution in [2.75, 3.05) is 76.2 Å². The average molecular weight is 2110 g/mol. The number of aromatic hydroxyl groups is 4. The van der Waals surface area contributed by atoms with Crippen LogP contribution < -0.4 is 31.9 Å². The molecule has 0 spiro atoms. The molecule has 8 rings (SSSR count). The van der Waals surface area contributed by atoms with Gasteiger partial charge in [-0.25, -0.2) is 19.2 Å². The molecule has 0 aliphatic carbocycles. The summed E-state index contributed by atoms with van der Waals surface area (Å²) in [5, 5.41) is 126. The summed E-state index contributed by atoms with van der Waals surface area (Å²) in [7, 11) is -10.7. The zero-order valence-electron chi connectivity index (χ0n) is 71.6. The Balaban J connectivity index is 0.000000377. The first-order valence-corrected chi connectivity index (χ1v) is 49.0. The number of hydrogen-bond acceptors (Lipinski definition) is 26. The third kappa shape index (κ3) is 39.7. The van der Waals surface area contributed by atoms with Crippen molar-refractivity contribution >= 4 is 138 Å². The van der Waals surface area contributed by atoms with Gasteiger partial charge in [-0.15, -0.1) is 5.06 Å². The molecule has 0 saturated carbocycles. The van der Waals surface area contributed by atoms with E-state index in [0.29, 0.717) is 86.1 Å². The number of carboxylic acid groups (broad SMARTS) is 3. The number of hydrogen-bond donors (Lipinski definition) is 19. The zero-order valence-corrected chi connectivity index (χ0v) is 78.6. The zero-order chi connectivity index (χ0) is 97.3. The molecule has 7 aromatic carbocycles. The second-order valence-electron chi connectivity index (χ2n) is 30.2. The number of imide groups is 1. The molecule has 1 aliphatic rings. The van der Waals surface area contributed by atoms with E-state index in [4.69, 9.17) is 31.9 Å². The van der Waals surface area contributed by atoms with Crippen LogP contribution >= 0.6 is 67.3 Å². The molecule has 132 heavy (non-hydrogen) atoms. The van der Waals surface area contributed by atoms with Gasteiger partial charge in [0.05, 0.1) is 85.1 Å². The number of carbonyl (C=O) groups is 9. The Hall–Kier alpha value is -11.1. The first-order chi connectivity index (χ1) is 61.9. The maximum atomic E-state index is 12.5. The van der Waals surface area contributed by atoms with Gasteiger partial charge < -0.3 is 102 Å². The number of carbonyl (C=O) groups excluding carboxylic acids is 6. The molecule has 1 saturated heterocycles. The Morgan fingerprint density at radius 3 is 1.21 bits per heavy atom. The van der Waals surface area contributed by atoms with Crippen LogP contribution in [0.5, 0.6) is 23.0 Å². The number of aliphatic hydroxyl groups excluding tert-OH is 3. The topological polar surface area (TPSA) is 699 Å². The molecule has 47 heteroatoms. The van der Waals surface area contributed by atoms with Crippen LogP contribution in [0.4, 0.5) is 17.1 Å². The molecular weight excluding hydrogens is 2000 g/mol.